The first kappa shape index (κ1) is 15.9. The Kier molecular flexibility index (Phi) is 4.05. The van der Waals surface area contributed by atoms with E-state index in [-0.39, 0.29) is 5.91 Å². The minimum absolute atomic E-state index is 0.194. The van der Waals surface area contributed by atoms with Crippen LogP contribution in [0.25, 0.3) is 0 Å². The van der Waals surface area contributed by atoms with Gasteiger partial charge in [0.25, 0.3) is 5.91 Å². The number of amides is 1. The lowest BCUT2D eigenvalue weighted by Gasteiger charge is -2.10. The Morgan fingerprint density at radius 2 is 2.12 bits per heavy atom. The van der Waals surface area contributed by atoms with Gasteiger partial charge in [-0.05, 0) is 43.9 Å². The van der Waals surface area contributed by atoms with Gasteiger partial charge in [0.2, 0.25) is 0 Å². The molecule has 2 N–H and O–H groups in total. The van der Waals surface area contributed by atoms with Gasteiger partial charge in [0.05, 0.1) is 12.7 Å². The molecule has 7 heteroatoms. The average Bonchev–Trinajstić information content (AvgIpc) is 3.28. The second kappa shape index (κ2) is 6.37. The van der Waals surface area contributed by atoms with Crippen molar-refractivity contribution in [3.8, 4) is 0 Å². The first-order valence-electron chi connectivity index (χ1n) is 8.26. The Balaban J connectivity index is 1.57. The van der Waals surface area contributed by atoms with Gasteiger partial charge in [-0.2, -0.15) is 10.2 Å². The minimum Gasteiger partial charge on any atom is -0.305 e. The quantitative estimate of drug-likeness (QED) is 0.753. The number of hydrogen-bond donors (Lipinski definition) is 2. The molecule has 0 bridgehead atoms. The fraction of sp³-hybridized carbons (Fsp3) is 0.278. The summed E-state index contributed by atoms with van der Waals surface area (Å²) < 4.78 is 1.78. The van der Waals surface area contributed by atoms with Crippen LogP contribution in [0.2, 0.25) is 5.02 Å². The van der Waals surface area contributed by atoms with Crippen LogP contribution in [-0.2, 0) is 19.4 Å². The number of carbonyl (C=O) groups is 1. The second-order valence-corrected chi connectivity index (χ2v) is 6.73. The van der Waals surface area contributed by atoms with E-state index in [1.54, 1.807) is 10.9 Å². The number of hydrogen-bond acceptors (Lipinski definition) is 3. The number of aromatic nitrogens is 4. The zero-order valence-electron chi connectivity index (χ0n) is 13.8. The van der Waals surface area contributed by atoms with Gasteiger partial charge in [-0.25, -0.2) is 4.68 Å². The predicted molar refractivity (Wildman–Crippen MR) is 96.1 cm³/mol. The summed E-state index contributed by atoms with van der Waals surface area (Å²) in [6.07, 6.45) is 4.68. The molecule has 0 spiro atoms. The van der Waals surface area contributed by atoms with Crippen LogP contribution in [0.4, 0.5) is 5.82 Å². The van der Waals surface area contributed by atoms with E-state index in [2.05, 4.69) is 20.6 Å². The molecule has 0 aliphatic heterocycles. The lowest BCUT2D eigenvalue weighted by molar-refractivity contribution is 0.102. The third-order valence-electron chi connectivity index (χ3n) is 4.52. The van der Waals surface area contributed by atoms with Crippen LogP contribution in [0.15, 0.2) is 30.5 Å². The van der Waals surface area contributed by atoms with Gasteiger partial charge >= 0.3 is 0 Å². The van der Waals surface area contributed by atoms with Gasteiger partial charge in [0, 0.05) is 21.8 Å². The fourth-order valence-electron chi connectivity index (χ4n) is 3.20. The molecule has 0 saturated heterocycles. The van der Waals surface area contributed by atoms with Crippen LogP contribution >= 0.6 is 11.6 Å². The number of anilines is 1. The van der Waals surface area contributed by atoms with Gasteiger partial charge in [0.15, 0.2) is 5.69 Å². The maximum atomic E-state index is 12.7. The Morgan fingerprint density at radius 1 is 1.32 bits per heavy atom. The van der Waals surface area contributed by atoms with Crippen LogP contribution in [0.5, 0.6) is 0 Å². The third kappa shape index (κ3) is 3.05. The lowest BCUT2D eigenvalue weighted by atomic mass is 10.2. The first-order valence-corrected chi connectivity index (χ1v) is 8.64. The summed E-state index contributed by atoms with van der Waals surface area (Å²) in [6, 6.07) is 7.59. The molecule has 0 saturated carbocycles. The predicted octanol–water partition coefficient (Wildman–Crippen LogP) is 3.36. The number of fused-ring (bicyclic) bond motifs is 1. The number of benzene rings is 1. The van der Waals surface area contributed by atoms with E-state index in [4.69, 9.17) is 11.6 Å². The molecule has 0 atom stereocenters. The van der Waals surface area contributed by atoms with Crippen LogP contribution in [0.1, 0.15) is 39.3 Å². The van der Waals surface area contributed by atoms with Gasteiger partial charge < -0.3 is 5.32 Å². The van der Waals surface area contributed by atoms with Crippen LogP contribution in [-0.4, -0.2) is 25.9 Å². The molecule has 2 aromatic heterocycles. The Labute approximate surface area is 150 Å². The van der Waals surface area contributed by atoms with Crippen molar-refractivity contribution in [2.24, 2.45) is 0 Å². The highest BCUT2D eigenvalue weighted by molar-refractivity contribution is 6.30. The van der Waals surface area contributed by atoms with E-state index in [9.17, 15) is 4.79 Å². The number of nitrogens with zero attached hydrogens (tertiary/aromatic N) is 3. The Hall–Kier alpha value is -2.60. The van der Waals surface area contributed by atoms with Gasteiger partial charge in [-0.1, -0.05) is 23.7 Å². The molecule has 0 unspecified atom stereocenters. The highest BCUT2D eigenvalue weighted by atomic mass is 35.5. The normalized spacial score (nSPS) is 13.0. The monoisotopic (exact) mass is 355 g/mol. The number of nitrogens with one attached hydrogen (secondary N) is 2. The summed E-state index contributed by atoms with van der Waals surface area (Å²) in [4.78, 5) is 12.7. The SMILES string of the molecule is Cc1cnn(Cc2ccc(Cl)cc2)c1NC(=O)c1n[nH]c2c1CCC2. The topological polar surface area (TPSA) is 75.6 Å². The minimum atomic E-state index is -0.194. The molecule has 1 aliphatic rings. The smallest absolute Gasteiger partial charge is 0.277 e. The van der Waals surface area contributed by atoms with E-state index < -0.39 is 0 Å². The molecule has 6 nitrogen and oxygen atoms in total. The average molecular weight is 356 g/mol. The Morgan fingerprint density at radius 3 is 2.92 bits per heavy atom. The van der Waals surface area contributed by atoms with E-state index in [0.717, 1.165) is 41.6 Å². The van der Waals surface area contributed by atoms with E-state index in [1.807, 2.05) is 31.2 Å². The molecular weight excluding hydrogens is 338 g/mol. The van der Waals surface area contributed by atoms with Crippen molar-refractivity contribution < 1.29 is 4.79 Å². The number of aryl methyl sites for hydroxylation is 2. The molecule has 2 heterocycles. The number of carbonyl (C=O) groups excluding carboxylic acids is 1. The zero-order valence-corrected chi connectivity index (χ0v) is 14.6. The highest BCUT2D eigenvalue weighted by Gasteiger charge is 2.24. The van der Waals surface area contributed by atoms with Crippen molar-refractivity contribution in [2.45, 2.75) is 32.7 Å². The number of rotatable bonds is 4. The van der Waals surface area contributed by atoms with Crippen molar-refractivity contribution in [1.29, 1.82) is 0 Å². The zero-order chi connectivity index (χ0) is 17.4. The third-order valence-corrected chi connectivity index (χ3v) is 4.77. The van der Waals surface area contributed by atoms with E-state index in [0.29, 0.717) is 23.1 Å². The maximum absolute atomic E-state index is 12.7. The van der Waals surface area contributed by atoms with Gasteiger partial charge in [-0.3, -0.25) is 9.89 Å². The summed E-state index contributed by atoms with van der Waals surface area (Å²) in [5.41, 5.74) is 4.58. The number of halogens is 1. The van der Waals surface area contributed by atoms with Crippen molar-refractivity contribution in [2.75, 3.05) is 5.32 Å². The molecule has 25 heavy (non-hydrogen) atoms. The molecule has 3 aromatic rings. The van der Waals surface area contributed by atoms with Crippen molar-refractivity contribution >= 4 is 23.3 Å². The van der Waals surface area contributed by atoms with Gasteiger partial charge in [0.1, 0.15) is 5.82 Å². The van der Waals surface area contributed by atoms with Crippen LogP contribution in [0, 0.1) is 6.92 Å². The summed E-state index contributed by atoms with van der Waals surface area (Å²) in [5, 5.41) is 15.2. The first-order chi connectivity index (χ1) is 12.1. The second-order valence-electron chi connectivity index (χ2n) is 6.30. The molecule has 4 rings (SSSR count). The van der Waals surface area contributed by atoms with Crippen molar-refractivity contribution in [1.82, 2.24) is 20.0 Å². The summed E-state index contributed by atoms with van der Waals surface area (Å²) in [7, 11) is 0. The van der Waals surface area contributed by atoms with Crippen molar-refractivity contribution in [3.63, 3.8) is 0 Å². The van der Waals surface area contributed by atoms with Crippen LogP contribution in [0.3, 0.4) is 0 Å². The molecular formula is C18H18ClN5O. The van der Waals surface area contributed by atoms with Gasteiger partial charge in [-0.15, -0.1) is 0 Å². The Bertz CT molecular complexity index is 926. The largest absolute Gasteiger partial charge is 0.305 e. The standard InChI is InChI=1S/C18H18ClN5O/c1-11-9-20-24(10-12-5-7-13(19)8-6-12)17(11)21-18(25)16-14-3-2-4-15(14)22-23-16/h5-9H,2-4,10H2,1H3,(H,21,25)(H,22,23). The van der Waals surface area contributed by atoms with Crippen LogP contribution < -0.4 is 5.32 Å². The molecule has 0 radical (unpaired) electrons. The van der Waals surface area contributed by atoms with E-state index >= 15 is 0 Å². The molecule has 1 amide bonds. The summed E-state index contributed by atoms with van der Waals surface area (Å²) in [6.45, 7) is 2.48. The molecule has 128 valence electrons. The van der Waals surface area contributed by atoms with E-state index in [1.165, 1.54) is 0 Å². The summed E-state index contributed by atoms with van der Waals surface area (Å²) >= 11 is 5.93. The summed E-state index contributed by atoms with van der Waals surface area (Å²) in [5.74, 6) is 0.495. The number of H-pyrrole nitrogens is 1. The molecule has 1 aliphatic carbocycles. The highest BCUT2D eigenvalue weighted by Crippen LogP contribution is 2.24. The number of aromatic amines is 1. The maximum Gasteiger partial charge on any atom is 0.277 e. The lowest BCUT2D eigenvalue weighted by Crippen LogP contribution is -2.18. The molecule has 1 aromatic carbocycles. The van der Waals surface area contributed by atoms with Crippen molar-refractivity contribution in [3.05, 3.63) is 63.6 Å². The fourth-order valence-corrected chi connectivity index (χ4v) is 3.32. The molecule has 0 fully saturated rings.